The number of nitrogens with zero attached hydrogens (tertiary/aromatic N) is 2. The monoisotopic (exact) mass is 470 g/mol. The van der Waals surface area contributed by atoms with Crippen LogP contribution in [0.25, 0.3) is 0 Å². The van der Waals surface area contributed by atoms with Gasteiger partial charge in [-0.15, -0.1) is 0 Å². The zero-order valence-electron chi connectivity index (χ0n) is 20.6. The molecule has 0 saturated carbocycles. The van der Waals surface area contributed by atoms with Gasteiger partial charge in [-0.25, -0.2) is 4.39 Å². The van der Waals surface area contributed by atoms with Gasteiger partial charge in [0.25, 0.3) is 5.91 Å². The van der Waals surface area contributed by atoms with E-state index < -0.39 is 5.60 Å². The number of aromatic nitrogens is 1. The number of ether oxygens (including phenoxy) is 3. The fraction of sp³-hybridized carbons (Fsp3) is 0.556. The molecular weight excluding hydrogens is 435 g/mol. The van der Waals surface area contributed by atoms with Gasteiger partial charge in [-0.05, 0) is 70.4 Å². The first-order valence-corrected chi connectivity index (χ1v) is 12.2. The Bertz CT molecular complexity index is 1000. The summed E-state index contributed by atoms with van der Waals surface area (Å²) in [5, 5.41) is 0. The Morgan fingerprint density at radius 3 is 2.68 bits per heavy atom. The zero-order valence-corrected chi connectivity index (χ0v) is 20.6. The summed E-state index contributed by atoms with van der Waals surface area (Å²) >= 11 is 0. The van der Waals surface area contributed by atoms with Crippen molar-refractivity contribution in [3.05, 3.63) is 59.2 Å². The van der Waals surface area contributed by atoms with Crippen LogP contribution in [0.15, 0.2) is 36.7 Å². The lowest BCUT2D eigenvalue weighted by atomic mass is 9.80. The molecule has 184 valence electrons. The predicted molar refractivity (Wildman–Crippen MR) is 127 cm³/mol. The van der Waals surface area contributed by atoms with Gasteiger partial charge in [0, 0.05) is 49.9 Å². The number of rotatable bonds is 6. The van der Waals surface area contributed by atoms with Crippen molar-refractivity contribution in [2.75, 3.05) is 19.7 Å². The van der Waals surface area contributed by atoms with E-state index in [1.54, 1.807) is 6.20 Å². The number of benzene rings is 1. The van der Waals surface area contributed by atoms with Crippen LogP contribution in [-0.4, -0.2) is 53.3 Å². The van der Waals surface area contributed by atoms with E-state index in [4.69, 9.17) is 14.2 Å². The molecule has 0 N–H and O–H groups in total. The molecule has 1 aromatic carbocycles. The van der Waals surface area contributed by atoms with E-state index in [0.29, 0.717) is 31.7 Å². The Kier molecular flexibility index (Phi) is 7.53. The van der Waals surface area contributed by atoms with Crippen LogP contribution < -0.4 is 4.74 Å². The molecule has 1 amide bonds. The molecule has 2 atom stereocenters. The fourth-order valence-electron chi connectivity index (χ4n) is 5.10. The summed E-state index contributed by atoms with van der Waals surface area (Å²) in [6, 6.07) is 7.11. The van der Waals surface area contributed by atoms with Crippen LogP contribution in [0.2, 0.25) is 0 Å². The van der Waals surface area contributed by atoms with Gasteiger partial charge < -0.3 is 19.1 Å². The average molecular weight is 471 g/mol. The maximum absolute atomic E-state index is 13.8. The molecule has 1 spiro atoms. The lowest BCUT2D eigenvalue weighted by molar-refractivity contribution is -0.190. The lowest BCUT2D eigenvalue weighted by Gasteiger charge is -2.48. The number of hydrogen-bond acceptors (Lipinski definition) is 5. The van der Waals surface area contributed by atoms with E-state index in [-0.39, 0.29) is 30.0 Å². The Balaban J connectivity index is 1.45. The van der Waals surface area contributed by atoms with E-state index in [1.807, 2.05) is 50.8 Å². The molecule has 0 radical (unpaired) electrons. The van der Waals surface area contributed by atoms with Crippen LogP contribution >= 0.6 is 0 Å². The summed E-state index contributed by atoms with van der Waals surface area (Å²) in [6.45, 7) is 9.76. The SMILES string of the molecule is CCOC1CC(c2cncc(F)c2)OC2(CCN(C(=O)c3ccc(OC(C)C)c(C)c3)CC2)C1. The largest absolute Gasteiger partial charge is 0.491 e. The molecule has 6 nitrogen and oxygen atoms in total. The van der Waals surface area contributed by atoms with Gasteiger partial charge in [-0.2, -0.15) is 0 Å². The van der Waals surface area contributed by atoms with Crippen molar-refractivity contribution >= 4 is 5.91 Å². The number of hydrogen-bond donors (Lipinski definition) is 0. The molecule has 0 aliphatic carbocycles. The second kappa shape index (κ2) is 10.4. The van der Waals surface area contributed by atoms with Crippen LogP contribution in [0.5, 0.6) is 5.75 Å². The third kappa shape index (κ3) is 5.58. The molecule has 2 saturated heterocycles. The highest BCUT2D eigenvalue weighted by molar-refractivity contribution is 5.94. The second-order valence-corrected chi connectivity index (χ2v) is 9.68. The highest BCUT2D eigenvalue weighted by Gasteiger charge is 2.45. The van der Waals surface area contributed by atoms with Crippen LogP contribution in [0.1, 0.15) is 74.0 Å². The number of halogens is 1. The van der Waals surface area contributed by atoms with Crippen molar-refractivity contribution in [3.63, 3.8) is 0 Å². The first-order valence-electron chi connectivity index (χ1n) is 12.2. The molecule has 0 bridgehead atoms. The Hall–Kier alpha value is -2.51. The molecular formula is C27H35FN2O4. The number of aryl methyl sites for hydroxylation is 1. The molecule has 1 aromatic heterocycles. The maximum Gasteiger partial charge on any atom is 0.253 e. The highest BCUT2D eigenvalue weighted by Crippen LogP contribution is 2.44. The average Bonchev–Trinajstić information content (AvgIpc) is 2.80. The summed E-state index contributed by atoms with van der Waals surface area (Å²) in [6.07, 6.45) is 5.61. The van der Waals surface area contributed by atoms with Crippen molar-refractivity contribution in [1.82, 2.24) is 9.88 Å². The summed E-state index contributed by atoms with van der Waals surface area (Å²) in [4.78, 5) is 19.1. The van der Waals surface area contributed by atoms with E-state index in [0.717, 1.165) is 36.1 Å². The Morgan fingerprint density at radius 2 is 2.03 bits per heavy atom. The number of carbonyl (C=O) groups excluding carboxylic acids is 1. The van der Waals surface area contributed by atoms with Crippen molar-refractivity contribution in [2.24, 2.45) is 0 Å². The topological polar surface area (TPSA) is 60.9 Å². The summed E-state index contributed by atoms with van der Waals surface area (Å²) < 4.78 is 32.2. The number of amides is 1. The van der Waals surface area contributed by atoms with E-state index in [9.17, 15) is 9.18 Å². The highest BCUT2D eigenvalue weighted by atomic mass is 19.1. The van der Waals surface area contributed by atoms with Gasteiger partial charge in [0.05, 0.1) is 30.1 Å². The molecule has 3 heterocycles. The van der Waals surface area contributed by atoms with Crippen molar-refractivity contribution in [1.29, 1.82) is 0 Å². The number of likely N-dealkylation sites (tertiary alicyclic amines) is 1. The van der Waals surface area contributed by atoms with Gasteiger partial charge in [0.2, 0.25) is 0 Å². The van der Waals surface area contributed by atoms with Crippen LogP contribution in [-0.2, 0) is 9.47 Å². The molecule has 4 rings (SSSR count). The first-order chi connectivity index (χ1) is 16.3. The third-order valence-electron chi connectivity index (χ3n) is 6.72. The van der Waals surface area contributed by atoms with E-state index in [2.05, 4.69) is 4.98 Å². The standard InChI is InChI=1S/C27H35FN2O4/c1-5-32-23-14-25(21-13-22(28)17-29-16-21)34-27(15-23)8-10-30(11-9-27)26(31)20-6-7-24(19(4)12-20)33-18(2)3/h6-7,12-13,16-18,23,25H,5,8-11,14-15H2,1-4H3. The maximum atomic E-state index is 13.8. The first kappa shape index (κ1) is 24.6. The minimum Gasteiger partial charge on any atom is -0.491 e. The van der Waals surface area contributed by atoms with Gasteiger partial charge in [0.1, 0.15) is 11.6 Å². The quantitative estimate of drug-likeness (QED) is 0.577. The van der Waals surface area contributed by atoms with Crippen LogP contribution in [0.3, 0.4) is 0 Å². The van der Waals surface area contributed by atoms with Crippen molar-refractivity contribution in [2.45, 2.75) is 77.3 Å². The van der Waals surface area contributed by atoms with Crippen molar-refractivity contribution < 1.29 is 23.4 Å². The van der Waals surface area contributed by atoms with Crippen LogP contribution in [0, 0.1) is 12.7 Å². The summed E-state index contributed by atoms with van der Waals surface area (Å²) in [5.74, 6) is 0.464. The minimum absolute atomic E-state index is 0.0251. The number of pyridine rings is 1. The van der Waals surface area contributed by atoms with Gasteiger partial charge in [-0.3, -0.25) is 9.78 Å². The zero-order chi connectivity index (χ0) is 24.3. The number of piperidine rings is 1. The minimum atomic E-state index is -0.392. The van der Waals surface area contributed by atoms with Gasteiger partial charge >= 0.3 is 0 Å². The summed E-state index contributed by atoms with van der Waals surface area (Å²) in [5.41, 5.74) is 1.97. The van der Waals surface area contributed by atoms with E-state index in [1.165, 1.54) is 12.3 Å². The molecule has 2 fully saturated rings. The predicted octanol–water partition coefficient (Wildman–Crippen LogP) is 5.25. The second-order valence-electron chi connectivity index (χ2n) is 9.68. The third-order valence-corrected chi connectivity index (χ3v) is 6.72. The van der Waals surface area contributed by atoms with Gasteiger partial charge in [0.15, 0.2) is 0 Å². The van der Waals surface area contributed by atoms with E-state index >= 15 is 0 Å². The molecule has 2 unspecified atom stereocenters. The number of carbonyl (C=O) groups is 1. The smallest absolute Gasteiger partial charge is 0.253 e. The normalized spacial score (nSPS) is 22.2. The van der Waals surface area contributed by atoms with Gasteiger partial charge in [-0.1, -0.05) is 0 Å². The molecule has 7 heteroatoms. The lowest BCUT2D eigenvalue weighted by Crippen LogP contribution is -2.52. The molecule has 34 heavy (non-hydrogen) atoms. The Labute approximate surface area is 201 Å². The fourth-order valence-corrected chi connectivity index (χ4v) is 5.10. The van der Waals surface area contributed by atoms with Crippen LogP contribution in [0.4, 0.5) is 4.39 Å². The summed E-state index contributed by atoms with van der Waals surface area (Å²) in [7, 11) is 0. The Morgan fingerprint density at radius 1 is 1.26 bits per heavy atom. The molecule has 2 aliphatic heterocycles. The van der Waals surface area contributed by atoms with Crippen molar-refractivity contribution in [3.8, 4) is 5.75 Å². The molecule has 2 aromatic rings. The molecule has 2 aliphatic rings.